The molecule has 0 aliphatic carbocycles. The van der Waals surface area contributed by atoms with Gasteiger partial charge in [0.2, 0.25) is 5.78 Å². The Morgan fingerprint density at radius 1 is 1.38 bits per heavy atom. The molecule has 0 saturated carbocycles. The Kier molecular flexibility index (Phi) is 4.79. The fourth-order valence-corrected chi connectivity index (χ4v) is 3.39. The molecule has 1 aromatic carbocycles. The summed E-state index contributed by atoms with van der Waals surface area (Å²) in [4.78, 5) is 17.5. The Morgan fingerprint density at radius 3 is 2.50 bits per heavy atom. The second-order valence-electron chi connectivity index (χ2n) is 7.05. The zero-order valence-corrected chi connectivity index (χ0v) is 16.1. The smallest absolute Gasteiger partial charge is 0.203 e. The molecular weight excluding hydrogens is 422 g/mol. The van der Waals surface area contributed by atoms with Gasteiger partial charge in [0.05, 0.1) is 12.6 Å². The molecule has 1 aromatic heterocycles. The molecule has 3 rings (SSSR count). The van der Waals surface area contributed by atoms with Gasteiger partial charge in [0.15, 0.2) is 5.82 Å². The summed E-state index contributed by atoms with van der Waals surface area (Å²) in [5.74, 6) is 0.150. The number of aromatic nitrogens is 2. The molecule has 1 atom stereocenters. The standard InChI is InChI=1S/C18H20FIN2O2/c1-18(2,3)15(23)17-21-14(11-4-6-12(19)7-5-11)16(20)22(17)10-13-8-9-24-13/h4-7,13H,8-10H2,1-3H3/t13-/m0/s1. The van der Waals surface area contributed by atoms with Crippen molar-refractivity contribution in [2.45, 2.75) is 39.8 Å². The van der Waals surface area contributed by atoms with Crippen LogP contribution in [0.4, 0.5) is 4.39 Å². The molecule has 2 heterocycles. The average molecular weight is 442 g/mol. The maximum Gasteiger partial charge on any atom is 0.203 e. The van der Waals surface area contributed by atoms with Gasteiger partial charge in [-0.3, -0.25) is 4.79 Å². The van der Waals surface area contributed by atoms with Crippen molar-refractivity contribution in [3.05, 3.63) is 39.6 Å². The van der Waals surface area contributed by atoms with Crippen molar-refractivity contribution in [3.8, 4) is 11.3 Å². The number of Topliss-reactive ketones (excluding diaryl/α,β-unsaturated/α-hetero) is 1. The van der Waals surface area contributed by atoms with Crippen LogP contribution >= 0.6 is 22.6 Å². The lowest BCUT2D eigenvalue weighted by atomic mass is 9.90. The molecule has 1 aliphatic heterocycles. The minimum absolute atomic E-state index is 0.00639. The molecule has 0 bridgehead atoms. The van der Waals surface area contributed by atoms with E-state index in [2.05, 4.69) is 27.6 Å². The molecule has 128 valence electrons. The van der Waals surface area contributed by atoms with Gasteiger partial charge in [-0.15, -0.1) is 0 Å². The van der Waals surface area contributed by atoms with Crippen LogP contribution < -0.4 is 0 Å². The Balaban J connectivity index is 2.07. The predicted octanol–water partition coefficient (Wildman–Crippen LogP) is 4.31. The zero-order chi connectivity index (χ0) is 17.5. The van der Waals surface area contributed by atoms with Crippen LogP contribution in [0.25, 0.3) is 11.3 Å². The quantitative estimate of drug-likeness (QED) is 0.524. The Bertz CT molecular complexity index is 759. The van der Waals surface area contributed by atoms with E-state index in [0.717, 1.165) is 22.3 Å². The zero-order valence-electron chi connectivity index (χ0n) is 14.0. The van der Waals surface area contributed by atoms with Crippen molar-refractivity contribution in [3.63, 3.8) is 0 Å². The van der Waals surface area contributed by atoms with E-state index in [9.17, 15) is 9.18 Å². The molecule has 2 aromatic rings. The van der Waals surface area contributed by atoms with E-state index in [-0.39, 0.29) is 17.7 Å². The van der Waals surface area contributed by atoms with Crippen LogP contribution in [0.15, 0.2) is 24.3 Å². The van der Waals surface area contributed by atoms with E-state index < -0.39 is 5.41 Å². The summed E-state index contributed by atoms with van der Waals surface area (Å²) >= 11 is 2.21. The summed E-state index contributed by atoms with van der Waals surface area (Å²) in [5.41, 5.74) is 0.992. The van der Waals surface area contributed by atoms with Gasteiger partial charge in [-0.25, -0.2) is 9.37 Å². The highest BCUT2D eigenvalue weighted by Crippen LogP contribution is 2.30. The lowest BCUT2D eigenvalue weighted by Gasteiger charge is -2.28. The van der Waals surface area contributed by atoms with Gasteiger partial charge >= 0.3 is 0 Å². The summed E-state index contributed by atoms with van der Waals surface area (Å²) in [6.45, 7) is 7.04. The second kappa shape index (κ2) is 6.55. The third-order valence-corrected chi connectivity index (χ3v) is 5.18. The molecule has 6 heteroatoms. The predicted molar refractivity (Wildman–Crippen MR) is 98.5 cm³/mol. The number of ether oxygens (including phenoxy) is 1. The Hall–Kier alpha value is -1.28. The molecule has 24 heavy (non-hydrogen) atoms. The SMILES string of the molecule is CC(C)(C)C(=O)c1nc(-c2ccc(F)cc2)c(I)n1C[C@@H]1CCO1. The number of benzene rings is 1. The van der Waals surface area contributed by atoms with Gasteiger partial charge in [0.25, 0.3) is 0 Å². The first-order valence-electron chi connectivity index (χ1n) is 7.95. The third kappa shape index (κ3) is 3.39. The highest BCUT2D eigenvalue weighted by Gasteiger charge is 2.31. The molecular formula is C18H20FIN2O2. The summed E-state index contributed by atoms with van der Waals surface area (Å²) in [6, 6.07) is 6.19. The number of carbonyl (C=O) groups is 1. The molecule has 1 fully saturated rings. The van der Waals surface area contributed by atoms with Crippen LogP contribution in [0.2, 0.25) is 0 Å². The van der Waals surface area contributed by atoms with Gasteiger partial charge in [0, 0.05) is 17.6 Å². The lowest BCUT2D eigenvalue weighted by molar-refractivity contribution is -0.0597. The second-order valence-corrected chi connectivity index (χ2v) is 8.07. The van der Waals surface area contributed by atoms with Crippen molar-refractivity contribution < 1.29 is 13.9 Å². The van der Waals surface area contributed by atoms with Crippen LogP contribution in [0.5, 0.6) is 0 Å². The first-order valence-corrected chi connectivity index (χ1v) is 9.03. The number of ketones is 1. The fourth-order valence-electron chi connectivity index (χ4n) is 2.53. The number of hydrogen-bond acceptors (Lipinski definition) is 3. The van der Waals surface area contributed by atoms with E-state index in [1.807, 2.05) is 25.3 Å². The van der Waals surface area contributed by atoms with Gasteiger partial charge in [-0.1, -0.05) is 20.8 Å². The van der Waals surface area contributed by atoms with Crippen LogP contribution in [-0.2, 0) is 11.3 Å². The highest BCUT2D eigenvalue weighted by atomic mass is 127. The summed E-state index contributed by atoms with van der Waals surface area (Å²) in [5, 5.41) is 0. The van der Waals surface area contributed by atoms with E-state index in [4.69, 9.17) is 4.74 Å². The van der Waals surface area contributed by atoms with Crippen molar-refractivity contribution in [1.29, 1.82) is 0 Å². The van der Waals surface area contributed by atoms with Crippen molar-refractivity contribution >= 4 is 28.4 Å². The minimum atomic E-state index is -0.521. The summed E-state index contributed by atoms with van der Waals surface area (Å²) in [6.07, 6.45) is 1.11. The van der Waals surface area contributed by atoms with Crippen LogP contribution in [0, 0.1) is 14.9 Å². The van der Waals surface area contributed by atoms with Crippen LogP contribution in [0.3, 0.4) is 0 Å². The largest absolute Gasteiger partial charge is 0.376 e. The molecule has 0 amide bonds. The van der Waals surface area contributed by atoms with Crippen molar-refractivity contribution in [1.82, 2.24) is 9.55 Å². The number of carbonyl (C=O) groups excluding carboxylic acids is 1. The number of hydrogen-bond donors (Lipinski definition) is 0. The normalized spacial score (nSPS) is 17.6. The first-order chi connectivity index (χ1) is 11.3. The lowest BCUT2D eigenvalue weighted by Crippen LogP contribution is -2.34. The Labute approximate surface area is 154 Å². The first kappa shape index (κ1) is 17.5. The third-order valence-electron chi connectivity index (χ3n) is 4.09. The van der Waals surface area contributed by atoms with Crippen LogP contribution in [0.1, 0.15) is 37.8 Å². The van der Waals surface area contributed by atoms with Gasteiger partial charge in [-0.2, -0.15) is 0 Å². The minimum Gasteiger partial charge on any atom is -0.376 e. The molecule has 0 spiro atoms. The Morgan fingerprint density at radius 2 is 2.00 bits per heavy atom. The number of rotatable bonds is 4. The van der Waals surface area contributed by atoms with Gasteiger partial charge in [-0.05, 0) is 53.3 Å². The molecule has 4 nitrogen and oxygen atoms in total. The van der Waals surface area contributed by atoms with Crippen molar-refractivity contribution in [2.75, 3.05) is 6.61 Å². The van der Waals surface area contributed by atoms with E-state index in [1.54, 1.807) is 12.1 Å². The summed E-state index contributed by atoms with van der Waals surface area (Å²) in [7, 11) is 0. The van der Waals surface area contributed by atoms with E-state index >= 15 is 0 Å². The molecule has 0 N–H and O–H groups in total. The van der Waals surface area contributed by atoms with Gasteiger partial charge < -0.3 is 9.30 Å². The van der Waals surface area contributed by atoms with Crippen LogP contribution in [-0.4, -0.2) is 28.0 Å². The number of imidazole rings is 1. The molecule has 0 radical (unpaired) electrons. The molecule has 1 saturated heterocycles. The van der Waals surface area contributed by atoms with E-state index in [1.165, 1.54) is 12.1 Å². The molecule has 1 aliphatic rings. The number of halogens is 2. The average Bonchev–Trinajstić information content (AvgIpc) is 2.79. The fraction of sp³-hybridized carbons (Fsp3) is 0.444. The van der Waals surface area contributed by atoms with Gasteiger partial charge in [0.1, 0.15) is 15.2 Å². The molecule has 0 unspecified atom stereocenters. The van der Waals surface area contributed by atoms with E-state index in [0.29, 0.717) is 18.1 Å². The highest BCUT2D eigenvalue weighted by molar-refractivity contribution is 14.1. The number of nitrogens with zero attached hydrogens (tertiary/aromatic N) is 2. The topological polar surface area (TPSA) is 44.1 Å². The maximum absolute atomic E-state index is 13.2. The summed E-state index contributed by atoms with van der Waals surface area (Å²) < 4.78 is 21.5. The maximum atomic E-state index is 13.2. The monoisotopic (exact) mass is 442 g/mol. The van der Waals surface area contributed by atoms with Crippen molar-refractivity contribution in [2.24, 2.45) is 5.41 Å².